The van der Waals surface area contributed by atoms with E-state index in [1.807, 2.05) is 6.07 Å². The smallest absolute Gasteiger partial charge is 0.338 e. The number of hydrogen-bond donors (Lipinski definition) is 3. The van der Waals surface area contributed by atoms with Crippen LogP contribution in [0.4, 0.5) is 5.69 Å². The number of nitrogens with one attached hydrogen (secondary N) is 3. The van der Waals surface area contributed by atoms with Crippen molar-refractivity contribution in [3.8, 4) is 5.75 Å². The van der Waals surface area contributed by atoms with E-state index in [-0.39, 0.29) is 19.8 Å². The van der Waals surface area contributed by atoms with Gasteiger partial charge in [-0.05, 0) is 55.5 Å². The minimum absolute atomic E-state index is 0.0425. The number of amides is 3. The fourth-order valence-corrected chi connectivity index (χ4v) is 2.76. The van der Waals surface area contributed by atoms with Crippen molar-refractivity contribution in [2.75, 3.05) is 18.5 Å². The second-order valence-corrected chi connectivity index (χ2v) is 7.13. The van der Waals surface area contributed by atoms with Gasteiger partial charge in [0.25, 0.3) is 5.91 Å². The highest BCUT2D eigenvalue weighted by Gasteiger charge is 2.15. The van der Waals surface area contributed by atoms with E-state index in [2.05, 4.69) is 21.2 Å². The molecule has 0 radical (unpaired) electrons. The molecule has 0 unspecified atom stereocenters. The minimum Gasteiger partial charge on any atom is -0.484 e. The molecule has 1 heterocycles. The molecular formula is C25H24N4O7. The third kappa shape index (κ3) is 8.13. The van der Waals surface area contributed by atoms with Gasteiger partial charge < -0.3 is 24.5 Å². The average molecular weight is 492 g/mol. The van der Waals surface area contributed by atoms with Crippen LogP contribution in [-0.4, -0.2) is 43.1 Å². The van der Waals surface area contributed by atoms with Crippen molar-refractivity contribution in [1.82, 2.24) is 10.7 Å². The largest absolute Gasteiger partial charge is 0.484 e. The second kappa shape index (κ2) is 13.1. The Morgan fingerprint density at radius 3 is 2.42 bits per heavy atom. The van der Waals surface area contributed by atoms with E-state index < -0.39 is 23.7 Å². The minimum atomic E-state index is -0.882. The predicted molar refractivity (Wildman–Crippen MR) is 129 cm³/mol. The number of esters is 1. The van der Waals surface area contributed by atoms with Gasteiger partial charge in [0.1, 0.15) is 17.3 Å². The number of carbonyl (C=O) groups excluding carboxylic acids is 4. The van der Waals surface area contributed by atoms with E-state index >= 15 is 0 Å². The third-order valence-electron chi connectivity index (χ3n) is 4.46. The average Bonchev–Trinajstić information content (AvgIpc) is 3.35. The number of ether oxygens (including phenoxy) is 2. The van der Waals surface area contributed by atoms with Crippen LogP contribution in [0.15, 0.2) is 76.2 Å². The molecule has 1 aromatic heterocycles. The van der Waals surface area contributed by atoms with Crippen molar-refractivity contribution in [2.45, 2.75) is 13.5 Å². The number of benzene rings is 2. The van der Waals surface area contributed by atoms with Gasteiger partial charge in [0, 0.05) is 5.69 Å². The number of hydrazone groups is 1. The molecule has 0 aliphatic carbocycles. The molecule has 3 amide bonds. The Balaban J connectivity index is 1.39. The highest BCUT2D eigenvalue weighted by atomic mass is 16.5. The van der Waals surface area contributed by atoms with Gasteiger partial charge in [0.05, 0.1) is 24.9 Å². The molecule has 3 N–H and O–H groups in total. The van der Waals surface area contributed by atoms with E-state index in [4.69, 9.17) is 13.9 Å². The summed E-state index contributed by atoms with van der Waals surface area (Å²) in [5, 5.41) is 8.66. The van der Waals surface area contributed by atoms with Crippen molar-refractivity contribution in [1.29, 1.82) is 0 Å². The number of rotatable bonds is 10. The first kappa shape index (κ1) is 25.7. The Hall–Kier alpha value is -4.93. The van der Waals surface area contributed by atoms with Gasteiger partial charge in [-0.15, -0.1) is 0 Å². The Kier molecular flexibility index (Phi) is 9.34. The van der Waals surface area contributed by atoms with Crippen LogP contribution in [0, 0.1) is 0 Å². The number of anilines is 1. The first-order valence-electron chi connectivity index (χ1n) is 10.9. The molecular weight excluding hydrogens is 468 g/mol. The lowest BCUT2D eigenvalue weighted by Crippen LogP contribution is -2.34. The molecule has 0 saturated heterocycles. The zero-order valence-corrected chi connectivity index (χ0v) is 19.4. The number of furan rings is 1. The molecule has 0 aliphatic heterocycles. The molecule has 0 spiro atoms. The van der Waals surface area contributed by atoms with Crippen LogP contribution in [0.2, 0.25) is 0 Å². The molecule has 0 saturated carbocycles. The molecule has 0 aliphatic rings. The Bertz CT molecular complexity index is 1220. The molecule has 0 atom stereocenters. The van der Waals surface area contributed by atoms with E-state index in [0.29, 0.717) is 28.5 Å². The molecule has 186 valence electrons. The lowest BCUT2D eigenvalue weighted by Gasteiger charge is -2.07. The first-order valence-corrected chi connectivity index (χ1v) is 10.9. The number of nitrogens with zero attached hydrogens (tertiary/aromatic N) is 1. The van der Waals surface area contributed by atoms with Crippen LogP contribution in [0.3, 0.4) is 0 Å². The summed E-state index contributed by atoms with van der Waals surface area (Å²) in [6.45, 7) is 1.71. The predicted octanol–water partition coefficient (Wildman–Crippen LogP) is 2.24. The molecule has 11 nitrogen and oxygen atoms in total. The van der Waals surface area contributed by atoms with E-state index in [1.165, 1.54) is 30.5 Å². The molecule has 3 rings (SSSR count). The van der Waals surface area contributed by atoms with Crippen molar-refractivity contribution < 1.29 is 33.1 Å². The van der Waals surface area contributed by atoms with Crippen LogP contribution in [0.25, 0.3) is 0 Å². The van der Waals surface area contributed by atoms with Crippen LogP contribution in [0.1, 0.15) is 28.8 Å². The number of para-hydroxylation sites is 1. The van der Waals surface area contributed by atoms with Gasteiger partial charge in [-0.25, -0.2) is 10.2 Å². The van der Waals surface area contributed by atoms with Crippen molar-refractivity contribution in [3.05, 3.63) is 83.8 Å². The molecule has 3 aromatic rings. The highest BCUT2D eigenvalue weighted by molar-refractivity contribution is 6.39. The van der Waals surface area contributed by atoms with Gasteiger partial charge >= 0.3 is 17.8 Å². The van der Waals surface area contributed by atoms with Crippen LogP contribution < -0.4 is 20.8 Å². The van der Waals surface area contributed by atoms with Crippen molar-refractivity contribution in [3.63, 3.8) is 0 Å². The first-order chi connectivity index (χ1) is 17.4. The fraction of sp³-hybridized carbons (Fsp3) is 0.160. The summed E-state index contributed by atoms with van der Waals surface area (Å²) >= 11 is 0. The summed E-state index contributed by atoms with van der Waals surface area (Å²) in [7, 11) is 0. The Labute approximate surface area is 206 Å². The maximum absolute atomic E-state index is 12.1. The Morgan fingerprint density at radius 1 is 0.944 bits per heavy atom. The van der Waals surface area contributed by atoms with Crippen molar-refractivity contribution >= 4 is 35.6 Å². The van der Waals surface area contributed by atoms with E-state index in [9.17, 15) is 19.2 Å². The zero-order chi connectivity index (χ0) is 25.8. The van der Waals surface area contributed by atoms with Gasteiger partial charge in [-0.3, -0.25) is 14.4 Å². The zero-order valence-electron chi connectivity index (χ0n) is 19.4. The SMILES string of the molecule is CCOC(=O)c1ccc(NC(=O)C(=O)NCc2ccc(/C=N\NC(=O)COc3ccccc3)o2)cc1. The summed E-state index contributed by atoms with van der Waals surface area (Å²) in [5.74, 6) is -1.42. The summed E-state index contributed by atoms with van der Waals surface area (Å²) in [4.78, 5) is 47.6. The Morgan fingerprint density at radius 2 is 1.69 bits per heavy atom. The summed E-state index contributed by atoms with van der Waals surface area (Å²) in [6.07, 6.45) is 1.29. The second-order valence-electron chi connectivity index (χ2n) is 7.13. The molecule has 0 fully saturated rings. The van der Waals surface area contributed by atoms with Crippen molar-refractivity contribution in [2.24, 2.45) is 5.10 Å². The molecule has 2 aromatic carbocycles. The third-order valence-corrected chi connectivity index (χ3v) is 4.46. The quantitative estimate of drug-likeness (QED) is 0.170. The lowest BCUT2D eigenvalue weighted by molar-refractivity contribution is -0.136. The van der Waals surface area contributed by atoms with E-state index in [0.717, 1.165) is 0 Å². The number of carbonyl (C=O) groups is 4. The van der Waals surface area contributed by atoms with Crippen LogP contribution >= 0.6 is 0 Å². The van der Waals surface area contributed by atoms with Gasteiger partial charge in [-0.2, -0.15) is 5.10 Å². The van der Waals surface area contributed by atoms with Gasteiger partial charge in [0.15, 0.2) is 6.61 Å². The van der Waals surface area contributed by atoms with E-state index in [1.54, 1.807) is 43.3 Å². The maximum atomic E-state index is 12.1. The lowest BCUT2D eigenvalue weighted by atomic mass is 10.2. The summed E-state index contributed by atoms with van der Waals surface area (Å²) < 4.78 is 15.7. The van der Waals surface area contributed by atoms with Gasteiger partial charge in [-0.1, -0.05) is 18.2 Å². The summed E-state index contributed by atoms with van der Waals surface area (Å²) in [5.41, 5.74) is 2.99. The van der Waals surface area contributed by atoms with Crippen LogP contribution in [0.5, 0.6) is 5.75 Å². The standard InChI is InChI=1S/C25H24N4O7/c1-2-34-25(33)17-8-10-18(11-9-17)28-24(32)23(31)26-14-20-12-13-21(36-20)15-27-29-22(30)16-35-19-6-4-3-5-7-19/h3-13,15H,2,14,16H2,1H3,(H,26,31)(H,28,32)(H,29,30)/b27-15-. The normalized spacial score (nSPS) is 10.5. The topological polar surface area (TPSA) is 148 Å². The fourth-order valence-electron chi connectivity index (χ4n) is 2.76. The van der Waals surface area contributed by atoms with Crippen LogP contribution in [-0.2, 0) is 25.7 Å². The van der Waals surface area contributed by atoms with Gasteiger partial charge in [0.2, 0.25) is 0 Å². The monoisotopic (exact) mass is 492 g/mol. The maximum Gasteiger partial charge on any atom is 0.338 e. The molecule has 0 bridgehead atoms. The summed E-state index contributed by atoms with van der Waals surface area (Å²) in [6, 6.07) is 18.0. The highest BCUT2D eigenvalue weighted by Crippen LogP contribution is 2.11. The molecule has 36 heavy (non-hydrogen) atoms. The molecule has 11 heteroatoms. The number of hydrogen-bond acceptors (Lipinski definition) is 8.